The van der Waals surface area contributed by atoms with Crippen molar-refractivity contribution in [2.24, 2.45) is 34.5 Å². The van der Waals surface area contributed by atoms with E-state index in [2.05, 4.69) is 19.9 Å². The van der Waals surface area contributed by atoms with Gasteiger partial charge in [0.2, 0.25) is 0 Å². The number of allylic oxidation sites excluding steroid dienone is 1. The van der Waals surface area contributed by atoms with Crippen molar-refractivity contribution in [1.82, 2.24) is 0 Å². The lowest BCUT2D eigenvalue weighted by Crippen LogP contribution is -2.52. The molecule has 5 aliphatic rings. The molecule has 26 heavy (non-hydrogen) atoms. The van der Waals surface area contributed by atoms with Crippen LogP contribution in [0.5, 0.6) is 0 Å². The number of hydrogen-bond acceptors (Lipinski definition) is 3. The SMILES string of the molecule is [2H]C([2H])([2H])C(O)C1([2H])CCC2C3CC=C4CC5(CCC4(C)C3CCC21C)OCCO5. The molecule has 146 valence electrons. The van der Waals surface area contributed by atoms with Gasteiger partial charge in [-0.1, -0.05) is 25.5 Å². The number of aliphatic hydroxyl groups is 1. The van der Waals surface area contributed by atoms with Crippen LogP contribution in [0.1, 0.15) is 77.5 Å². The number of hydrogen-bond donors (Lipinski definition) is 1. The molecule has 0 bridgehead atoms. The molecule has 5 rings (SSSR count). The lowest BCUT2D eigenvalue weighted by Gasteiger charge is -2.59. The van der Waals surface area contributed by atoms with Crippen molar-refractivity contribution in [3.8, 4) is 0 Å². The Balaban J connectivity index is 1.44. The molecule has 1 aliphatic heterocycles. The lowest BCUT2D eigenvalue weighted by molar-refractivity contribution is -0.185. The van der Waals surface area contributed by atoms with Crippen LogP contribution in [0, 0.1) is 34.5 Å². The molecule has 0 aromatic heterocycles. The first-order valence-electron chi connectivity index (χ1n) is 12.6. The summed E-state index contributed by atoms with van der Waals surface area (Å²) in [6.45, 7) is 3.39. The second-order valence-electron chi connectivity index (χ2n) is 9.97. The summed E-state index contributed by atoms with van der Waals surface area (Å²) in [5, 5.41) is 10.7. The predicted octanol–water partition coefficient (Wildman–Crippen LogP) is 4.69. The van der Waals surface area contributed by atoms with Crippen molar-refractivity contribution in [3.05, 3.63) is 11.6 Å². The first-order chi connectivity index (χ1) is 14.0. The summed E-state index contributed by atoms with van der Waals surface area (Å²) in [6.07, 6.45) is 7.88. The zero-order chi connectivity index (χ0) is 21.6. The molecular formula is C23H36O3. The van der Waals surface area contributed by atoms with Gasteiger partial charge >= 0.3 is 0 Å². The van der Waals surface area contributed by atoms with E-state index in [1.165, 1.54) is 5.57 Å². The third-order valence-corrected chi connectivity index (χ3v) is 9.10. The molecule has 7 atom stereocenters. The van der Waals surface area contributed by atoms with Gasteiger partial charge in [0.05, 0.1) is 19.3 Å². The standard InChI is InChI=1S/C23H36O3/c1-15(24)18-6-7-19-17-5-4-16-14-23(25-12-13-26-23)11-10-21(16,2)20(17)8-9-22(18,19)3/h4,15,17-20,24H,5-14H2,1-3H3/i1D3,18D. The number of ether oxygens (including phenoxy) is 2. The van der Waals surface area contributed by atoms with Crippen molar-refractivity contribution < 1.29 is 20.1 Å². The summed E-state index contributed by atoms with van der Waals surface area (Å²) in [5.74, 6) is -0.375. The van der Waals surface area contributed by atoms with E-state index in [0.29, 0.717) is 37.4 Å². The largest absolute Gasteiger partial charge is 0.393 e. The van der Waals surface area contributed by atoms with Gasteiger partial charge in [0.1, 0.15) is 0 Å². The highest BCUT2D eigenvalue weighted by molar-refractivity contribution is 5.26. The summed E-state index contributed by atoms with van der Waals surface area (Å²) in [6, 6.07) is 0. The van der Waals surface area contributed by atoms with E-state index in [9.17, 15) is 5.11 Å². The minimum atomic E-state index is -2.50. The summed E-state index contributed by atoms with van der Waals surface area (Å²) in [7, 11) is 0. The van der Waals surface area contributed by atoms with E-state index in [1.54, 1.807) is 0 Å². The van der Waals surface area contributed by atoms with E-state index < -0.39 is 30.1 Å². The Kier molecular flexibility index (Phi) is 3.07. The highest BCUT2D eigenvalue weighted by Crippen LogP contribution is 2.67. The molecule has 3 saturated carbocycles. The van der Waals surface area contributed by atoms with E-state index in [0.717, 1.165) is 44.9 Å². The molecule has 7 unspecified atom stereocenters. The van der Waals surface area contributed by atoms with Gasteiger partial charge in [-0.15, -0.1) is 0 Å². The molecule has 0 aromatic rings. The third kappa shape index (κ3) is 2.29. The molecule has 3 nitrogen and oxygen atoms in total. The second-order valence-corrected chi connectivity index (χ2v) is 9.97. The number of rotatable bonds is 1. The quantitative estimate of drug-likeness (QED) is 0.686. The van der Waals surface area contributed by atoms with E-state index in [-0.39, 0.29) is 5.41 Å². The predicted molar refractivity (Wildman–Crippen MR) is 102 cm³/mol. The van der Waals surface area contributed by atoms with Crippen LogP contribution < -0.4 is 0 Å². The van der Waals surface area contributed by atoms with Crippen LogP contribution in [0.2, 0.25) is 0 Å². The zero-order valence-corrected chi connectivity index (χ0v) is 16.2. The van der Waals surface area contributed by atoms with Gasteiger partial charge in [0.25, 0.3) is 0 Å². The maximum atomic E-state index is 10.7. The van der Waals surface area contributed by atoms with Crippen LogP contribution in [-0.4, -0.2) is 30.2 Å². The summed E-state index contributed by atoms with van der Waals surface area (Å²) in [5.41, 5.74) is 1.18. The molecular weight excluding hydrogens is 324 g/mol. The monoisotopic (exact) mass is 364 g/mol. The van der Waals surface area contributed by atoms with Crippen molar-refractivity contribution in [2.45, 2.75) is 84.0 Å². The lowest BCUT2D eigenvalue weighted by atomic mass is 9.47. The summed E-state index contributed by atoms with van der Waals surface area (Å²) in [4.78, 5) is 0. The minimum absolute atomic E-state index is 0.140. The Morgan fingerprint density at radius 2 is 1.96 bits per heavy atom. The van der Waals surface area contributed by atoms with Crippen LogP contribution in [0.4, 0.5) is 0 Å². The molecule has 4 aliphatic carbocycles. The Bertz CT molecular complexity index is 745. The van der Waals surface area contributed by atoms with Gasteiger partial charge in [0, 0.05) is 18.3 Å². The molecule has 0 radical (unpaired) electrons. The number of aliphatic hydroxyl groups excluding tert-OH is 1. The topological polar surface area (TPSA) is 38.7 Å². The number of fused-ring (bicyclic) bond motifs is 5. The van der Waals surface area contributed by atoms with Gasteiger partial charge in [-0.05, 0) is 79.9 Å². The first-order valence-corrected chi connectivity index (χ1v) is 10.6. The van der Waals surface area contributed by atoms with E-state index in [1.807, 2.05) is 0 Å². The van der Waals surface area contributed by atoms with Crippen LogP contribution in [0.25, 0.3) is 0 Å². The maximum absolute atomic E-state index is 10.7. The maximum Gasteiger partial charge on any atom is 0.172 e. The van der Waals surface area contributed by atoms with Gasteiger partial charge < -0.3 is 14.6 Å². The van der Waals surface area contributed by atoms with Gasteiger partial charge in [-0.2, -0.15) is 0 Å². The summed E-state index contributed by atoms with van der Waals surface area (Å²) >= 11 is 0. The highest BCUT2D eigenvalue weighted by Gasteiger charge is 2.60. The zero-order valence-electron chi connectivity index (χ0n) is 20.2. The van der Waals surface area contributed by atoms with E-state index >= 15 is 0 Å². The van der Waals surface area contributed by atoms with Crippen LogP contribution in [0.3, 0.4) is 0 Å². The Hall–Kier alpha value is -0.380. The van der Waals surface area contributed by atoms with Crippen molar-refractivity contribution >= 4 is 0 Å². The Morgan fingerprint density at radius 1 is 1.15 bits per heavy atom. The van der Waals surface area contributed by atoms with Gasteiger partial charge in [-0.25, -0.2) is 0 Å². The fourth-order valence-electron chi connectivity index (χ4n) is 7.65. The fourth-order valence-corrected chi connectivity index (χ4v) is 7.65. The second kappa shape index (κ2) is 5.81. The molecule has 0 amide bonds. The highest BCUT2D eigenvalue weighted by atomic mass is 16.7. The van der Waals surface area contributed by atoms with Crippen LogP contribution in [0.15, 0.2) is 11.6 Å². The molecule has 1 spiro atoms. The summed E-state index contributed by atoms with van der Waals surface area (Å²) < 4.78 is 44.5. The molecule has 3 heteroatoms. The average molecular weight is 365 g/mol. The molecule has 1 saturated heterocycles. The van der Waals surface area contributed by atoms with Gasteiger partial charge in [-0.3, -0.25) is 0 Å². The molecule has 0 aromatic carbocycles. The fraction of sp³-hybridized carbons (Fsp3) is 0.913. The van der Waals surface area contributed by atoms with Crippen molar-refractivity contribution in [2.75, 3.05) is 13.2 Å². The van der Waals surface area contributed by atoms with Crippen molar-refractivity contribution in [3.63, 3.8) is 0 Å². The molecule has 1 N–H and O–H groups in total. The van der Waals surface area contributed by atoms with Crippen LogP contribution >= 0.6 is 0 Å². The normalized spacial score (nSPS) is 56.3. The first kappa shape index (κ1) is 13.7. The van der Waals surface area contributed by atoms with Crippen LogP contribution in [-0.2, 0) is 9.47 Å². The Morgan fingerprint density at radius 3 is 2.73 bits per heavy atom. The van der Waals surface area contributed by atoms with Crippen molar-refractivity contribution in [1.29, 1.82) is 0 Å². The third-order valence-electron chi connectivity index (χ3n) is 9.10. The van der Waals surface area contributed by atoms with Gasteiger partial charge in [0.15, 0.2) is 5.79 Å². The Labute approximate surface area is 164 Å². The minimum Gasteiger partial charge on any atom is -0.393 e. The molecule has 4 fully saturated rings. The van der Waals surface area contributed by atoms with E-state index in [4.69, 9.17) is 15.0 Å². The smallest absolute Gasteiger partial charge is 0.172 e. The molecule has 1 heterocycles. The average Bonchev–Trinajstić information content (AvgIpc) is 3.24.